The van der Waals surface area contributed by atoms with Crippen molar-refractivity contribution >= 4 is 57.0 Å². The summed E-state index contributed by atoms with van der Waals surface area (Å²) in [4.78, 5) is 14.8. The van der Waals surface area contributed by atoms with Gasteiger partial charge in [0, 0.05) is 15.9 Å². The highest BCUT2D eigenvalue weighted by Crippen LogP contribution is 2.49. The normalized spacial score (nSPS) is 14.0. The summed E-state index contributed by atoms with van der Waals surface area (Å²) in [6.45, 7) is 1.99. The van der Waals surface area contributed by atoms with Gasteiger partial charge in [-0.05, 0) is 36.6 Å². The first-order chi connectivity index (χ1) is 11.0. The van der Waals surface area contributed by atoms with E-state index in [-0.39, 0.29) is 17.6 Å². The molecule has 2 aromatic heterocycles. The lowest BCUT2D eigenvalue weighted by atomic mass is 10.2. The van der Waals surface area contributed by atoms with Gasteiger partial charge < -0.3 is 15.2 Å². The Bertz CT molecular complexity index is 920. The number of carbonyl (C=O) groups is 1. The maximum atomic E-state index is 13.7. The predicted molar refractivity (Wildman–Crippen MR) is 94.6 cm³/mol. The summed E-state index contributed by atoms with van der Waals surface area (Å²) in [6.07, 6.45) is 0. The molecule has 3 rings (SSSR count). The van der Waals surface area contributed by atoms with Gasteiger partial charge in [-0.3, -0.25) is 9.36 Å². The Morgan fingerprint density at radius 3 is 2.83 bits per heavy atom. The Balaban J connectivity index is 2.40. The number of rotatable bonds is 5. The zero-order chi connectivity index (χ0) is 16.6. The average molecular weight is 369 g/mol. The van der Waals surface area contributed by atoms with Gasteiger partial charge in [0.15, 0.2) is 0 Å². The van der Waals surface area contributed by atoms with Crippen LogP contribution in [0.1, 0.15) is 17.4 Å². The Morgan fingerprint density at radius 2 is 2.22 bits per heavy atom. The van der Waals surface area contributed by atoms with Gasteiger partial charge in [0.25, 0.3) is 13.3 Å². The predicted octanol–water partition coefficient (Wildman–Crippen LogP) is 3.25. The first-order valence-electron chi connectivity index (χ1n) is 6.87. The highest BCUT2D eigenvalue weighted by atomic mass is 35.5. The number of benzene rings is 1. The van der Waals surface area contributed by atoms with E-state index in [1.807, 2.05) is 5.38 Å². The van der Waals surface area contributed by atoms with Crippen molar-refractivity contribution in [3.63, 3.8) is 0 Å². The lowest BCUT2D eigenvalue weighted by Gasteiger charge is -2.17. The number of hydrogen-bond acceptors (Lipinski definition) is 4. The smallest absolute Gasteiger partial charge is 0.273 e. The van der Waals surface area contributed by atoms with Crippen LogP contribution in [0.5, 0.6) is 0 Å². The second-order valence-corrected chi connectivity index (χ2v) is 8.80. The molecule has 23 heavy (non-hydrogen) atoms. The molecule has 0 saturated heterocycles. The van der Waals surface area contributed by atoms with Crippen LogP contribution >= 0.6 is 30.3 Å². The molecule has 0 radical (unpaired) electrons. The molecule has 3 aromatic rings. The fourth-order valence-electron chi connectivity index (χ4n) is 2.49. The van der Waals surface area contributed by atoms with Gasteiger partial charge in [0.1, 0.15) is 5.69 Å². The quantitative estimate of drug-likeness (QED) is 0.678. The number of halogens is 1. The van der Waals surface area contributed by atoms with E-state index in [2.05, 4.69) is 4.98 Å². The first kappa shape index (κ1) is 16.3. The zero-order valence-electron chi connectivity index (χ0n) is 12.2. The van der Waals surface area contributed by atoms with Crippen molar-refractivity contribution < 1.29 is 13.9 Å². The van der Waals surface area contributed by atoms with Crippen molar-refractivity contribution in [3.8, 4) is 0 Å². The summed E-state index contributed by atoms with van der Waals surface area (Å²) in [5, 5.41) is 3.15. The van der Waals surface area contributed by atoms with Crippen LogP contribution in [0.15, 0.2) is 35.7 Å². The Hall–Kier alpha value is -1.59. The summed E-state index contributed by atoms with van der Waals surface area (Å²) < 4.78 is 19.9. The summed E-state index contributed by atoms with van der Waals surface area (Å²) in [6, 6.07) is 8.59. The van der Waals surface area contributed by atoms with Crippen molar-refractivity contribution in [1.82, 2.24) is 4.98 Å². The van der Waals surface area contributed by atoms with Crippen LogP contribution < -0.4 is 15.7 Å². The SMILES string of the molecule is CCOP(=O)(c1cccs1)c1c(C(N)=O)[nH]c2ccc(Cl)cc12. The van der Waals surface area contributed by atoms with Crippen molar-refractivity contribution in [3.05, 3.63) is 46.4 Å². The highest BCUT2D eigenvalue weighted by molar-refractivity contribution is 7.79. The minimum Gasteiger partial charge on any atom is -0.364 e. The number of fused-ring (bicyclic) bond motifs is 1. The number of primary amides is 1. The third-order valence-corrected chi connectivity index (χ3v) is 7.73. The zero-order valence-corrected chi connectivity index (χ0v) is 14.7. The van der Waals surface area contributed by atoms with Crippen LogP contribution in [0.2, 0.25) is 5.02 Å². The molecule has 2 heterocycles. The molecule has 0 aliphatic carbocycles. The molecule has 0 aliphatic rings. The second kappa shape index (κ2) is 6.13. The molecule has 1 unspecified atom stereocenters. The molecule has 5 nitrogen and oxygen atoms in total. The standard InChI is InChI=1S/C15H14ClN2O3PS/c1-2-21-22(20,12-4-3-7-23-12)14-10-8-9(16)5-6-11(10)18-13(14)15(17)19/h3-8,18H,2H2,1H3,(H2,17,19). The van der Waals surface area contributed by atoms with E-state index in [0.29, 0.717) is 20.5 Å². The number of nitrogens with two attached hydrogens (primary N) is 1. The van der Waals surface area contributed by atoms with Crippen molar-refractivity contribution in [1.29, 1.82) is 0 Å². The molecule has 1 atom stereocenters. The molecule has 8 heteroatoms. The lowest BCUT2D eigenvalue weighted by Crippen LogP contribution is -2.25. The van der Waals surface area contributed by atoms with Gasteiger partial charge in [-0.25, -0.2) is 0 Å². The van der Waals surface area contributed by atoms with Crippen molar-refractivity contribution in [2.75, 3.05) is 6.61 Å². The molecule has 0 spiro atoms. The van der Waals surface area contributed by atoms with Gasteiger partial charge >= 0.3 is 0 Å². The molecular formula is C15H14ClN2O3PS. The number of carbonyl (C=O) groups excluding carboxylic acids is 1. The topological polar surface area (TPSA) is 85.2 Å². The van der Waals surface area contributed by atoms with Gasteiger partial charge in [-0.15, -0.1) is 11.3 Å². The third-order valence-electron chi connectivity index (χ3n) is 3.38. The minimum absolute atomic E-state index is 0.0902. The number of H-pyrrole nitrogens is 1. The number of aromatic amines is 1. The van der Waals surface area contributed by atoms with Crippen LogP contribution in [0.4, 0.5) is 0 Å². The first-order valence-corrected chi connectivity index (χ1v) is 9.76. The second-order valence-electron chi connectivity index (χ2n) is 4.82. The molecule has 120 valence electrons. The van der Waals surface area contributed by atoms with E-state index in [9.17, 15) is 9.36 Å². The van der Waals surface area contributed by atoms with Crippen molar-refractivity contribution in [2.24, 2.45) is 5.73 Å². The summed E-state index contributed by atoms with van der Waals surface area (Å²) in [7, 11) is -3.46. The van der Waals surface area contributed by atoms with Crippen LogP contribution in [0.3, 0.4) is 0 Å². The number of amides is 1. The third kappa shape index (κ3) is 2.72. The number of thiophene rings is 1. The summed E-state index contributed by atoms with van der Waals surface area (Å²) in [5.41, 5.74) is 6.21. The van der Waals surface area contributed by atoms with Gasteiger partial charge in [0.2, 0.25) is 0 Å². The maximum Gasteiger partial charge on any atom is 0.273 e. The van der Waals surface area contributed by atoms with E-state index in [4.69, 9.17) is 21.9 Å². The molecule has 3 N–H and O–H groups in total. The molecule has 0 aliphatic heterocycles. The van der Waals surface area contributed by atoms with Crippen LogP contribution in [0.25, 0.3) is 10.9 Å². The van der Waals surface area contributed by atoms with Crippen molar-refractivity contribution in [2.45, 2.75) is 6.92 Å². The van der Waals surface area contributed by atoms with E-state index >= 15 is 0 Å². The van der Waals surface area contributed by atoms with Crippen LogP contribution in [-0.4, -0.2) is 17.5 Å². The van der Waals surface area contributed by atoms with Gasteiger partial charge in [-0.2, -0.15) is 0 Å². The number of aromatic nitrogens is 1. The largest absolute Gasteiger partial charge is 0.364 e. The number of nitrogens with one attached hydrogen (secondary N) is 1. The van der Waals surface area contributed by atoms with Crippen LogP contribution in [-0.2, 0) is 9.09 Å². The van der Waals surface area contributed by atoms with E-state index < -0.39 is 13.3 Å². The summed E-state index contributed by atoms with van der Waals surface area (Å²) in [5.74, 6) is -0.691. The number of hydrogen-bond donors (Lipinski definition) is 2. The molecular weight excluding hydrogens is 355 g/mol. The highest BCUT2D eigenvalue weighted by Gasteiger charge is 2.36. The Morgan fingerprint density at radius 1 is 1.43 bits per heavy atom. The average Bonchev–Trinajstić information content (AvgIpc) is 3.15. The fourth-order valence-corrected chi connectivity index (χ4v) is 6.37. The minimum atomic E-state index is -3.46. The van der Waals surface area contributed by atoms with E-state index in [1.165, 1.54) is 11.3 Å². The molecule has 1 amide bonds. The lowest BCUT2D eigenvalue weighted by molar-refractivity contribution is 0.0997. The maximum absolute atomic E-state index is 13.7. The molecule has 0 bridgehead atoms. The Labute approximate surface area is 141 Å². The van der Waals surface area contributed by atoms with Gasteiger partial charge in [-0.1, -0.05) is 17.7 Å². The molecule has 1 aromatic carbocycles. The van der Waals surface area contributed by atoms with Crippen LogP contribution in [0, 0.1) is 0 Å². The monoisotopic (exact) mass is 368 g/mol. The van der Waals surface area contributed by atoms with Gasteiger partial charge in [0.05, 0.1) is 16.5 Å². The Kier molecular flexibility index (Phi) is 4.34. The van der Waals surface area contributed by atoms with E-state index in [1.54, 1.807) is 37.3 Å². The summed E-state index contributed by atoms with van der Waals surface area (Å²) >= 11 is 7.39. The molecule has 0 saturated carbocycles. The molecule has 0 fully saturated rings. The van der Waals surface area contributed by atoms with E-state index in [0.717, 1.165) is 0 Å². The fraction of sp³-hybridized carbons (Fsp3) is 0.133.